The van der Waals surface area contributed by atoms with Crippen molar-refractivity contribution in [1.82, 2.24) is 9.62 Å². The van der Waals surface area contributed by atoms with Gasteiger partial charge in [-0.05, 0) is 25.1 Å². The number of rotatable bonds is 6. The monoisotopic (exact) mass is 332 g/mol. The van der Waals surface area contributed by atoms with E-state index >= 15 is 0 Å². The minimum absolute atomic E-state index is 0.0896. The van der Waals surface area contributed by atoms with Crippen molar-refractivity contribution in [2.75, 3.05) is 33.3 Å². The van der Waals surface area contributed by atoms with Crippen molar-refractivity contribution in [3.05, 3.63) is 34.9 Å². The van der Waals surface area contributed by atoms with Crippen LogP contribution in [0.15, 0.2) is 24.3 Å². The number of benzene rings is 1. The fourth-order valence-corrected chi connectivity index (χ4v) is 3.76. The molecule has 1 aliphatic rings. The molecule has 0 bridgehead atoms. The zero-order valence-corrected chi connectivity index (χ0v) is 13.7. The standard InChI is InChI=1S/C14H21ClN2O3S/c1-17-8-9-20-13(10-17)6-7-16-21(18,19)11-12-4-2-3-5-14(12)15/h2-5,13,16H,6-11H2,1H3. The summed E-state index contributed by atoms with van der Waals surface area (Å²) < 4.78 is 32.3. The Labute approximate surface area is 131 Å². The zero-order valence-electron chi connectivity index (χ0n) is 12.1. The van der Waals surface area contributed by atoms with E-state index in [4.69, 9.17) is 16.3 Å². The van der Waals surface area contributed by atoms with Crippen molar-refractivity contribution in [2.24, 2.45) is 0 Å². The highest BCUT2D eigenvalue weighted by Crippen LogP contribution is 2.17. The summed E-state index contributed by atoms with van der Waals surface area (Å²) in [6.07, 6.45) is 0.762. The number of morpholine rings is 1. The van der Waals surface area contributed by atoms with Crippen molar-refractivity contribution in [1.29, 1.82) is 0 Å². The molecule has 0 saturated carbocycles. The lowest BCUT2D eigenvalue weighted by atomic mass is 10.2. The molecular weight excluding hydrogens is 312 g/mol. The van der Waals surface area contributed by atoms with Gasteiger partial charge in [0.2, 0.25) is 10.0 Å². The average molecular weight is 333 g/mol. The molecule has 1 aromatic carbocycles. The Hall–Kier alpha value is -0.660. The number of nitrogens with zero attached hydrogens (tertiary/aromatic N) is 1. The van der Waals surface area contributed by atoms with Crippen molar-refractivity contribution in [2.45, 2.75) is 18.3 Å². The molecule has 0 aromatic heterocycles. The summed E-state index contributed by atoms with van der Waals surface area (Å²) in [5.74, 6) is -0.0991. The van der Waals surface area contributed by atoms with Crippen molar-refractivity contribution in [3.63, 3.8) is 0 Å². The molecule has 21 heavy (non-hydrogen) atoms. The summed E-state index contributed by atoms with van der Waals surface area (Å²) in [6, 6.07) is 6.98. The number of likely N-dealkylation sites (N-methyl/N-ethyl adjacent to an activating group) is 1. The molecule has 1 fully saturated rings. The summed E-state index contributed by atoms with van der Waals surface area (Å²) in [6.45, 7) is 2.85. The van der Waals surface area contributed by atoms with Crippen LogP contribution in [0.1, 0.15) is 12.0 Å². The highest BCUT2D eigenvalue weighted by Gasteiger charge is 2.19. The van der Waals surface area contributed by atoms with E-state index in [1.54, 1.807) is 24.3 Å². The molecule has 1 saturated heterocycles. The van der Waals surface area contributed by atoms with E-state index in [9.17, 15) is 8.42 Å². The molecule has 7 heteroatoms. The van der Waals surface area contributed by atoms with Gasteiger partial charge >= 0.3 is 0 Å². The highest BCUT2D eigenvalue weighted by atomic mass is 35.5. The predicted molar refractivity (Wildman–Crippen MR) is 83.9 cm³/mol. The zero-order chi connectivity index (χ0) is 15.3. The van der Waals surface area contributed by atoms with Gasteiger partial charge in [0.15, 0.2) is 0 Å². The molecule has 1 N–H and O–H groups in total. The van der Waals surface area contributed by atoms with Crippen LogP contribution < -0.4 is 4.72 Å². The predicted octanol–water partition coefficient (Wildman–Crippen LogP) is 1.48. The summed E-state index contributed by atoms with van der Waals surface area (Å²) >= 11 is 5.98. The molecule has 1 aliphatic heterocycles. The average Bonchev–Trinajstić information content (AvgIpc) is 2.41. The SMILES string of the molecule is CN1CCOC(CCNS(=O)(=O)Cc2ccccc2Cl)C1. The van der Waals surface area contributed by atoms with Crippen molar-refractivity contribution in [3.8, 4) is 0 Å². The van der Waals surface area contributed by atoms with E-state index in [0.29, 0.717) is 30.2 Å². The molecular formula is C14H21ClN2O3S. The van der Waals surface area contributed by atoms with Crippen LogP contribution in [-0.2, 0) is 20.5 Å². The minimum Gasteiger partial charge on any atom is -0.376 e. The van der Waals surface area contributed by atoms with Gasteiger partial charge in [0.25, 0.3) is 0 Å². The quantitative estimate of drug-likeness (QED) is 0.857. The van der Waals surface area contributed by atoms with E-state index in [1.807, 2.05) is 7.05 Å². The Balaban J connectivity index is 1.80. The van der Waals surface area contributed by atoms with Gasteiger partial charge in [-0.1, -0.05) is 29.8 Å². The highest BCUT2D eigenvalue weighted by molar-refractivity contribution is 7.88. The van der Waals surface area contributed by atoms with Crippen molar-refractivity contribution < 1.29 is 13.2 Å². The van der Waals surface area contributed by atoms with Gasteiger partial charge in [-0.15, -0.1) is 0 Å². The summed E-state index contributed by atoms with van der Waals surface area (Å²) in [5.41, 5.74) is 0.611. The number of nitrogens with one attached hydrogen (secondary N) is 1. The summed E-state index contributed by atoms with van der Waals surface area (Å²) in [4.78, 5) is 2.19. The Morgan fingerprint density at radius 2 is 2.19 bits per heavy atom. The lowest BCUT2D eigenvalue weighted by Gasteiger charge is -2.30. The molecule has 0 aliphatic carbocycles. The van der Waals surface area contributed by atoms with Gasteiger partial charge in [0, 0.05) is 24.7 Å². The van der Waals surface area contributed by atoms with E-state index in [2.05, 4.69) is 9.62 Å². The molecule has 1 atom stereocenters. The van der Waals surface area contributed by atoms with Gasteiger partial charge in [-0.2, -0.15) is 0 Å². The molecule has 2 rings (SSSR count). The second kappa shape index (κ2) is 7.56. The van der Waals surface area contributed by atoms with Crippen LogP contribution >= 0.6 is 11.6 Å². The molecule has 0 radical (unpaired) electrons. The van der Waals surface area contributed by atoms with Crippen molar-refractivity contribution >= 4 is 21.6 Å². The Kier molecular flexibility index (Phi) is 6.01. The summed E-state index contributed by atoms with van der Waals surface area (Å²) in [5, 5.41) is 0.472. The maximum Gasteiger partial charge on any atom is 0.215 e. The Morgan fingerprint density at radius 1 is 1.43 bits per heavy atom. The van der Waals surface area contributed by atoms with Gasteiger partial charge < -0.3 is 9.64 Å². The first-order valence-corrected chi connectivity index (χ1v) is 9.00. The van der Waals surface area contributed by atoms with Gasteiger partial charge in [-0.25, -0.2) is 13.1 Å². The van der Waals surface area contributed by atoms with Gasteiger partial charge in [0.1, 0.15) is 0 Å². The first-order chi connectivity index (χ1) is 9.96. The minimum atomic E-state index is -3.38. The molecule has 118 valence electrons. The van der Waals surface area contributed by atoms with Crippen LogP contribution in [0.3, 0.4) is 0 Å². The Bertz CT molecular complexity index is 565. The topological polar surface area (TPSA) is 58.6 Å². The lowest BCUT2D eigenvalue weighted by Crippen LogP contribution is -2.41. The van der Waals surface area contributed by atoms with Crippen LogP contribution in [0, 0.1) is 0 Å². The van der Waals surface area contributed by atoms with E-state index in [1.165, 1.54) is 0 Å². The number of sulfonamides is 1. The number of halogens is 1. The van der Waals surface area contributed by atoms with E-state index in [0.717, 1.165) is 13.1 Å². The third kappa shape index (κ3) is 5.56. The second-order valence-electron chi connectivity index (χ2n) is 5.29. The fraction of sp³-hybridized carbons (Fsp3) is 0.571. The number of ether oxygens (including phenoxy) is 1. The molecule has 5 nitrogen and oxygen atoms in total. The largest absolute Gasteiger partial charge is 0.376 e. The first-order valence-electron chi connectivity index (χ1n) is 6.97. The maximum atomic E-state index is 12.0. The van der Waals surface area contributed by atoms with E-state index in [-0.39, 0.29) is 11.9 Å². The smallest absolute Gasteiger partial charge is 0.215 e. The second-order valence-corrected chi connectivity index (χ2v) is 7.50. The molecule has 0 spiro atoms. The number of hydrogen-bond donors (Lipinski definition) is 1. The van der Waals surface area contributed by atoms with Crippen LogP contribution in [0.25, 0.3) is 0 Å². The Morgan fingerprint density at radius 3 is 2.90 bits per heavy atom. The third-order valence-corrected chi connectivity index (χ3v) is 5.14. The van der Waals surface area contributed by atoms with Crippen LogP contribution in [-0.4, -0.2) is 52.7 Å². The number of hydrogen-bond acceptors (Lipinski definition) is 4. The third-order valence-electron chi connectivity index (χ3n) is 3.43. The lowest BCUT2D eigenvalue weighted by molar-refractivity contribution is -0.0222. The van der Waals surface area contributed by atoms with Crippen LogP contribution in [0.5, 0.6) is 0 Å². The molecule has 1 heterocycles. The van der Waals surface area contributed by atoms with E-state index < -0.39 is 10.0 Å². The van der Waals surface area contributed by atoms with Crippen LogP contribution in [0.2, 0.25) is 5.02 Å². The maximum absolute atomic E-state index is 12.0. The normalized spacial score (nSPS) is 20.6. The van der Waals surface area contributed by atoms with Crippen LogP contribution in [0.4, 0.5) is 0 Å². The molecule has 1 aromatic rings. The van der Waals surface area contributed by atoms with Gasteiger partial charge in [-0.3, -0.25) is 0 Å². The summed E-state index contributed by atoms with van der Waals surface area (Å²) in [7, 11) is -1.34. The first kappa shape index (κ1) is 16.7. The molecule has 0 amide bonds. The fourth-order valence-electron chi connectivity index (χ4n) is 2.29. The van der Waals surface area contributed by atoms with Gasteiger partial charge in [0.05, 0.1) is 18.5 Å². The molecule has 1 unspecified atom stereocenters.